The van der Waals surface area contributed by atoms with Crippen LogP contribution in [0.15, 0.2) is 83.3 Å². The van der Waals surface area contributed by atoms with Gasteiger partial charge in [-0.2, -0.15) is 0 Å². The van der Waals surface area contributed by atoms with Crippen molar-refractivity contribution >= 4 is 31.8 Å². The number of carbonyl (C=O) groups is 4. The van der Waals surface area contributed by atoms with Crippen molar-refractivity contribution in [1.82, 2.24) is 20.8 Å². The lowest BCUT2D eigenvalue weighted by Gasteiger charge is -2.41. The molecular formula is C56H79N4O22P. The fourth-order valence-corrected chi connectivity index (χ4v) is 8.89. The van der Waals surface area contributed by atoms with Crippen molar-refractivity contribution in [2.24, 2.45) is 0 Å². The maximum Gasteiger partial charge on any atom is 0.472 e. The van der Waals surface area contributed by atoms with Crippen LogP contribution in [0, 0.1) is 0 Å². The van der Waals surface area contributed by atoms with Crippen LogP contribution in [0.5, 0.6) is 0 Å². The molecule has 3 aromatic carbocycles. The van der Waals surface area contributed by atoms with Crippen LogP contribution >= 0.6 is 7.82 Å². The summed E-state index contributed by atoms with van der Waals surface area (Å²) < 4.78 is 71.3. The van der Waals surface area contributed by atoms with Crippen molar-refractivity contribution in [2.75, 3.05) is 92.4 Å². The van der Waals surface area contributed by atoms with Gasteiger partial charge in [0.05, 0.1) is 72.7 Å². The molecule has 6 atom stereocenters. The molecule has 2 amide bonds. The highest BCUT2D eigenvalue weighted by Crippen LogP contribution is 2.47. The van der Waals surface area contributed by atoms with E-state index in [0.29, 0.717) is 90.3 Å². The Morgan fingerprint density at radius 1 is 0.554 bits per heavy atom. The standard InChI is InChI=1S/C56H79N4O22P/c1-2-3-6-14-47(63)80-44(38-79-83(70,71)82-53-51(67)49(65)48(64)50(66)52(53)68)37-78-46(62)13-9-5-10-24-57-56(69)77-35-34-76-33-32-75-31-30-74-29-28-73-27-26-72-25-23-45(61)58-36-39-15-17-42(18-16-39)54-59-60-55(81-54)43-21-19-41(20-22-43)40-11-7-4-8-12-40/h4,7-8,11-12,15-22,44,48-53,64-68H,2-3,5-6,9-10,13-14,23-38H2,1H3,(H,57,69)(H,58,61)(H,70,71). The molecule has 8 N–H and O–H groups in total. The van der Waals surface area contributed by atoms with Crippen LogP contribution in [0.25, 0.3) is 34.0 Å². The summed E-state index contributed by atoms with van der Waals surface area (Å²) in [4.78, 5) is 59.5. The van der Waals surface area contributed by atoms with Crippen LogP contribution in [0.1, 0.15) is 70.3 Å². The van der Waals surface area contributed by atoms with Gasteiger partial charge >= 0.3 is 25.9 Å². The van der Waals surface area contributed by atoms with Crippen LogP contribution < -0.4 is 10.6 Å². The van der Waals surface area contributed by atoms with Gasteiger partial charge in [-0.25, -0.2) is 9.36 Å². The predicted molar refractivity (Wildman–Crippen MR) is 295 cm³/mol. The number of benzene rings is 3. The number of alkyl carbamates (subject to hydrolysis) is 1. The van der Waals surface area contributed by atoms with Crippen molar-refractivity contribution in [2.45, 2.75) is 114 Å². The zero-order chi connectivity index (χ0) is 59.7. The first kappa shape index (κ1) is 68.0. The molecule has 0 saturated heterocycles. The summed E-state index contributed by atoms with van der Waals surface area (Å²) in [6.07, 6.45) is -10.6. The van der Waals surface area contributed by atoms with Crippen LogP contribution in [-0.4, -0.2) is 200 Å². The Bertz CT molecular complexity index is 2510. The normalized spacial score (nSPS) is 18.9. The Labute approximate surface area is 481 Å². The van der Waals surface area contributed by atoms with E-state index in [0.717, 1.165) is 40.7 Å². The summed E-state index contributed by atoms with van der Waals surface area (Å²) in [6.45, 7) is 4.38. The number of unbranched alkanes of at least 4 members (excludes halogenated alkanes) is 4. The van der Waals surface area contributed by atoms with Gasteiger partial charge in [0.15, 0.2) is 6.10 Å². The Hall–Kier alpha value is -5.81. The minimum Gasteiger partial charge on any atom is -0.462 e. The van der Waals surface area contributed by atoms with Crippen molar-refractivity contribution < 1.29 is 106 Å². The van der Waals surface area contributed by atoms with Crippen LogP contribution in [-0.2, 0) is 72.4 Å². The minimum absolute atomic E-state index is 0.0153. The minimum atomic E-state index is -5.17. The molecule has 6 unspecified atom stereocenters. The Morgan fingerprint density at radius 2 is 1.06 bits per heavy atom. The molecule has 0 radical (unpaired) electrons. The number of esters is 2. The molecule has 1 aromatic heterocycles. The first-order chi connectivity index (χ1) is 40.1. The summed E-state index contributed by atoms with van der Waals surface area (Å²) in [5.74, 6) is -0.656. The molecular weight excluding hydrogens is 1110 g/mol. The van der Waals surface area contributed by atoms with Gasteiger partial charge in [-0.15, -0.1) is 10.2 Å². The maximum absolute atomic E-state index is 12.7. The third-order valence-electron chi connectivity index (χ3n) is 12.6. The number of phosphoric ester groups is 1. The van der Waals surface area contributed by atoms with E-state index in [1.165, 1.54) is 0 Å². The highest BCUT2D eigenvalue weighted by Gasteiger charge is 2.51. The number of hydrogen-bond donors (Lipinski definition) is 8. The molecule has 83 heavy (non-hydrogen) atoms. The maximum atomic E-state index is 12.7. The summed E-state index contributed by atoms with van der Waals surface area (Å²) >= 11 is 0. The zero-order valence-electron chi connectivity index (χ0n) is 46.6. The highest BCUT2D eigenvalue weighted by atomic mass is 31.2. The number of phosphoric acid groups is 1. The monoisotopic (exact) mass is 1190 g/mol. The number of nitrogens with zero attached hydrogens (tertiary/aromatic N) is 2. The van der Waals surface area contributed by atoms with E-state index in [1.807, 2.05) is 73.7 Å². The van der Waals surface area contributed by atoms with Gasteiger partial charge in [-0.05, 0) is 60.2 Å². The number of aromatic nitrogens is 2. The van der Waals surface area contributed by atoms with Gasteiger partial charge in [0.25, 0.3) is 0 Å². The fourth-order valence-electron chi connectivity index (χ4n) is 7.92. The van der Waals surface area contributed by atoms with E-state index in [-0.39, 0.29) is 58.1 Å². The Balaban J connectivity index is 0.775. The molecule has 5 rings (SSSR count). The van der Waals surface area contributed by atoms with E-state index in [2.05, 4.69) is 33.0 Å². The van der Waals surface area contributed by atoms with E-state index < -0.39 is 81.8 Å². The molecule has 26 nitrogen and oxygen atoms in total. The van der Waals surface area contributed by atoms with Crippen molar-refractivity contribution in [3.8, 4) is 34.0 Å². The fraction of sp³-hybridized carbons (Fsp3) is 0.571. The molecule has 1 saturated carbocycles. The highest BCUT2D eigenvalue weighted by molar-refractivity contribution is 7.47. The van der Waals surface area contributed by atoms with E-state index in [1.54, 1.807) is 0 Å². The predicted octanol–water partition coefficient (Wildman–Crippen LogP) is 3.80. The van der Waals surface area contributed by atoms with E-state index >= 15 is 0 Å². The second kappa shape index (κ2) is 38.2. The smallest absolute Gasteiger partial charge is 0.462 e. The van der Waals surface area contributed by atoms with Gasteiger partial charge < -0.3 is 83.4 Å². The second-order valence-corrected chi connectivity index (χ2v) is 20.5. The molecule has 460 valence electrons. The summed E-state index contributed by atoms with van der Waals surface area (Å²) in [6, 6.07) is 25.6. The molecule has 1 fully saturated rings. The topological polar surface area (TPSA) is 362 Å². The van der Waals surface area contributed by atoms with Crippen LogP contribution in [0.3, 0.4) is 0 Å². The number of ether oxygens (including phenoxy) is 8. The first-order valence-electron chi connectivity index (χ1n) is 27.7. The number of amides is 2. The third-order valence-corrected chi connectivity index (χ3v) is 13.6. The quantitative estimate of drug-likeness (QED) is 0.0136. The van der Waals surface area contributed by atoms with Crippen molar-refractivity contribution in [3.05, 3.63) is 84.4 Å². The zero-order valence-corrected chi connectivity index (χ0v) is 47.5. The lowest BCUT2D eigenvalue weighted by atomic mass is 9.85. The average molecular weight is 1190 g/mol. The van der Waals surface area contributed by atoms with Gasteiger partial charge in [0, 0.05) is 43.5 Å². The summed E-state index contributed by atoms with van der Waals surface area (Å²) in [5.41, 5.74) is 4.74. The molecule has 0 bridgehead atoms. The van der Waals surface area contributed by atoms with Crippen molar-refractivity contribution in [3.63, 3.8) is 0 Å². The SMILES string of the molecule is CCCCCC(=O)OC(COC(=O)CCCCCNC(=O)OCCOCCOCCOCCOCCOCCC(=O)NCc1ccc(-c2nnc(-c3ccc(-c4ccccc4)cc3)o2)cc1)COP(=O)(O)OC1C(O)C(O)C(O)C(O)C1O. The number of rotatable bonds is 41. The van der Waals surface area contributed by atoms with Gasteiger partial charge in [0.1, 0.15) is 49.8 Å². The lowest BCUT2D eigenvalue weighted by Crippen LogP contribution is -2.64. The molecule has 27 heteroatoms. The van der Waals surface area contributed by atoms with E-state index in [9.17, 15) is 54.2 Å². The van der Waals surface area contributed by atoms with Gasteiger partial charge in [-0.1, -0.05) is 80.8 Å². The molecule has 1 aliphatic carbocycles. The molecule has 0 spiro atoms. The van der Waals surface area contributed by atoms with Gasteiger partial charge in [0.2, 0.25) is 17.7 Å². The first-order valence-corrected chi connectivity index (χ1v) is 29.2. The Kier molecular flexibility index (Phi) is 31.3. The molecule has 1 heterocycles. The summed E-state index contributed by atoms with van der Waals surface area (Å²) in [7, 11) is -5.17. The molecule has 0 aliphatic heterocycles. The van der Waals surface area contributed by atoms with Gasteiger partial charge in [-0.3, -0.25) is 23.4 Å². The Morgan fingerprint density at radius 3 is 1.65 bits per heavy atom. The molecule has 1 aliphatic rings. The number of aliphatic hydroxyl groups excluding tert-OH is 5. The number of aliphatic hydroxyl groups is 5. The third kappa shape index (κ3) is 25.9. The van der Waals surface area contributed by atoms with E-state index in [4.69, 9.17) is 51.4 Å². The number of carbonyl (C=O) groups excluding carboxylic acids is 4. The lowest BCUT2D eigenvalue weighted by molar-refractivity contribution is -0.220. The molecule has 4 aromatic rings. The average Bonchev–Trinajstić information content (AvgIpc) is 4.17. The second-order valence-electron chi connectivity index (χ2n) is 19.1. The van der Waals surface area contributed by atoms with Crippen LogP contribution in [0.2, 0.25) is 0 Å². The van der Waals surface area contributed by atoms with Crippen LogP contribution in [0.4, 0.5) is 4.79 Å². The summed E-state index contributed by atoms with van der Waals surface area (Å²) in [5, 5.41) is 63.8. The van der Waals surface area contributed by atoms with Crippen molar-refractivity contribution in [1.29, 1.82) is 0 Å². The number of hydrogen-bond acceptors (Lipinski definition) is 23. The largest absolute Gasteiger partial charge is 0.472 e. The number of nitrogens with one attached hydrogen (secondary N) is 2.